The Morgan fingerprint density at radius 3 is 2.25 bits per heavy atom. The zero-order chi connectivity index (χ0) is 34.0. The van der Waals surface area contributed by atoms with E-state index < -0.39 is 0 Å². The first-order valence-corrected chi connectivity index (χ1v) is 19.1. The predicted molar refractivity (Wildman–Crippen MR) is 212 cm³/mol. The molecule has 3 heteroatoms. The third-order valence-corrected chi connectivity index (χ3v) is 11.4. The molecule has 0 saturated heterocycles. The molecule has 1 aromatic heterocycles. The van der Waals surface area contributed by atoms with Crippen LogP contribution in [0.4, 0.5) is 5.69 Å². The molecule has 1 aliphatic heterocycles. The van der Waals surface area contributed by atoms with E-state index in [1.165, 1.54) is 101 Å². The Balaban J connectivity index is 1.02. The maximum Gasteiger partial charge on any atom is 0.160 e. The molecule has 2 heterocycles. The van der Waals surface area contributed by atoms with Gasteiger partial charge in [0.25, 0.3) is 0 Å². The molecule has 51 heavy (non-hydrogen) atoms. The van der Waals surface area contributed by atoms with E-state index >= 15 is 0 Å². The molecule has 0 N–H and O–H groups in total. The van der Waals surface area contributed by atoms with Gasteiger partial charge >= 0.3 is 0 Å². The van der Waals surface area contributed by atoms with Gasteiger partial charge in [0.2, 0.25) is 0 Å². The minimum atomic E-state index is 0.188. The van der Waals surface area contributed by atoms with Crippen LogP contribution in [0.15, 0.2) is 143 Å². The number of para-hydroxylation sites is 1. The van der Waals surface area contributed by atoms with Crippen molar-refractivity contribution in [3.05, 3.63) is 166 Å². The molecule has 5 aliphatic rings. The quantitative estimate of drug-likeness (QED) is 0.206. The zero-order valence-corrected chi connectivity index (χ0v) is 29.4. The number of benzene rings is 3. The predicted octanol–water partition coefficient (Wildman–Crippen LogP) is 12.0. The molecule has 9 rings (SSSR count). The Morgan fingerprint density at radius 2 is 1.39 bits per heavy atom. The van der Waals surface area contributed by atoms with Crippen molar-refractivity contribution < 1.29 is 0 Å². The topological polar surface area (TPSA) is 38.1 Å². The van der Waals surface area contributed by atoms with E-state index in [9.17, 15) is 0 Å². The fourth-order valence-corrected chi connectivity index (χ4v) is 8.42. The second-order valence-electron chi connectivity index (χ2n) is 14.8. The first kappa shape index (κ1) is 31.8. The van der Waals surface area contributed by atoms with Gasteiger partial charge < -0.3 is 0 Å². The summed E-state index contributed by atoms with van der Waals surface area (Å²) in [6.07, 6.45) is 33.7. The zero-order valence-electron chi connectivity index (χ0n) is 29.4. The van der Waals surface area contributed by atoms with Gasteiger partial charge in [0.05, 0.1) is 17.1 Å². The minimum absolute atomic E-state index is 0.188. The van der Waals surface area contributed by atoms with E-state index in [0.717, 1.165) is 47.7 Å². The second kappa shape index (κ2) is 14.2. The molecule has 3 nitrogen and oxygen atoms in total. The van der Waals surface area contributed by atoms with Crippen LogP contribution in [-0.4, -0.2) is 16.2 Å². The van der Waals surface area contributed by atoms with Crippen molar-refractivity contribution in [2.75, 3.05) is 0 Å². The maximum atomic E-state index is 5.27. The lowest BCUT2D eigenvalue weighted by Crippen LogP contribution is -2.14. The highest BCUT2D eigenvalue weighted by Crippen LogP contribution is 2.36. The van der Waals surface area contributed by atoms with E-state index in [1.807, 2.05) is 0 Å². The van der Waals surface area contributed by atoms with E-state index in [1.54, 1.807) is 0 Å². The molecule has 0 radical (unpaired) electrons. The summed E-state index contributed by atoms with van der Waals surface area (Å²) >= 11 is 0. The van der Waals surface area contributed by atoms with Gasteiger partial charge in [0, 0.05) is 23.6 Å². The van der Waals surface area contributed by atoms with Gasteiger partial charge in [-0.3, -0.25) is 4.99 Å². The normalized spacial score (nSPS) is 21.1. The smallest absolute Gasteiger partial charge is 0.160 e. The lowest BCUT2D eigenvalue weighted by Gasteiger charge is -2.23. The summed E-state index contributed by atoms with van der Waals surface area (Å²) in [5, 5.41) is 0. The van der Waals surface area contributed by atoms with E-state index in [-0.39, 0.29) is 5.92 Å². The second-order valence-corrected chi connectivity index (χ2v) is 14.8. The monoisotopic (exact) mass is 663 g/mol. The largest absolute Gasteiger partial charge is 0.260 e. The van der Waals surface area contributed by atoms with Crippen LogP contribution < -0.4 is 0 Å². The van der Waals surface area contributed by atoms with Gasteiger partial charge in [-0.2, -0.15) is 0 Å². The highest BCUT2D eigenvalue weighted by molar-refractivity contribution is 5.77. The molecule has 2 unspecified atom stereocenters. The molecule has 3 aromatic carbocycles. The van der Waals surface area contributed by atoms with Crippen LogP contribution in [0.25, 0.3) is 28.1 Å². The Morgan fingerprint density at radius 1 is 0.588 bits per heavy atom. The third-order valence-electron chi connectivity index (χ3n) is 11.4. The summed E-state index contributed by atoms with van der Waals surface area (Å²) in [6.45, 7) is 0. The van der Waals surface area contributed by atoms with Gasteiger partial charge in [0.1, 0.15) is 0 Å². The Bertz CT molecular complexity index is 2190. The Labute approximate surface area is 302 Å². The number of aliphatic imine (C=N–C) groups is 1. The summed E-state index contributed by atoms with van der Waals surface area (Å²) in [5.74, 6) is 1.29. The van der Waals surface area contributed by atoms with Gasteiger partial charge in [-0.15, -0.1) is 0 Å². The van der Waals surface area contributed by atoms with E-state index in [0.29, 0.717) is 5.92 Å². The molecule has 0 saturated carbocycles. The summed E-state index contributed by atoms with van der Waals surface area (Å²) in [5.41, 5.74) is 16.5. The van der Waals surface area contributed by atoms with Crippen LogP contribution in [0.3, 0.4) is 0 Å². The lowest BCUT2D eigenvalue weighted by atomic mass is 9.84. The summed E-state index contributed by atoms with van der Waals surface area (Å²) in [7, 11) is 0. The molecule has 4 aliphatic carbocycles. The standard InChI is InChI=1S/C48H45N3/c1-2-9-33(10-3-1)34-14-8-15-38(23-17-34)46-31-47(39-24-18-37(19-25-39)44-30-43-13-6-7-16-45(43)49-32-44)51-48(50-46)40-26-20-36(21-27-40)42-28-22-35-11-4-5-12-41(35)29-42/h6-7,9,13-24,26-29,31-32,39,44H,1-5,8,10-12,25,30H2. The fourth-order valence-electron chi connectivity index (χ4n) is 8.42. The molecule has 2 atom stereocenters. The van der Waals surface area contributed by atoms with Crippen molar-refractivity contribution in [1.82, 2.24) is 9.97 Å². The molecule has 0 amide bonds. The van der Waals surface area contributed by atoms with Crippen LogP contribution in [0.5, 0.6) is 0 Å². The number of aryl methyl sites for hydroxylation is 2. The maximum absolute atomic E-state index is 5.27. The van der Waals surface area contributed by atoms with Gasteiger partial charge in [-0.25, -0.2) is 9.97 Å². The number of nitrogens with zero attached hydrogens (tertiary/aromatic N) is 3. The van der Waals surface area contributed by atoms with E-state index in [2.05, 4.69) is 128 Å². The van der Waals surface area contributed by atoms with Gasteiger partial charge in [-0.05, 0) is 133 Å². The van der Waals surface area contributed by atoms with Crippen molar-refractivity contribution in [1.29, 1.82) is 0 Å². The van der Waals surface area contributed by atoms with Crippen molar-refractivity contribution in [2.24, 2.45) is 10.9 Å². The molecular weight excluding hydrogens is 619 g/mol. The van der Waals surface area contributed by atoms with Crippen molar-refractivity contribution in [3.63, 3.8) is 0 Å². The molecule has 0 spiro atoms. The van der Waals surface area contributed by atoms with Crippen molar-refractivity contribution >= 4 is 17.5 Å². The van der Waals surface area contributed by atoms with Crippen LogP contribution >= 0.6 is 0 Å². The average Bonchev–Trinajstić information content (AvgIpc) is 3.48. The van der Waals surface area contributed by atoms with Crippen LogP contribution in [0, 0.1) is 5.92 Å². The number of hydrogen-bond donors (Lipinski definition) is 0. The number of allylic oxidation sites excluding steroid dienone is 12. The van der Waals surface area contributed by atoms with Crippen LogP contribution in [0.2, 0.25) is 0 Å². The van der Waals surface area contributed by atoms with Gasteiger partial charge in [-0.1, -0.05) is 109 Å². The van der Waals surface area contributed by atoms with Crippen molar-refractivity contribution in [3.8, 4) is 22.5 Å². The molecular formula is C48H45N3. The molecule has 252 valence electrons. The molecule has 0 fully saturated rings. The number of fused-ring (bicyclic) bond motifs is 2. The Hall–Kier alpha value is -5.15. The van der Waals surface area contributed by atoms with Gasteiger partial charge in [0.15, 0.2) is 5.82 Å². The van der Waals surface area contributed by atoms with Crippen LogP contribution in [0.1, 0.15) is 85.4 Å². The summed E-state index contributed by atoms with van der Waals surface area (Å²) in [6, 6.07) is 26.7. The summed E-state index contributed by atoms with van der Waals surface area (Å²) < 4.78 is 0. The number of aromatic nitrogens is 2. The fraction of sp³-hybridized carbons (Fsp3) is 0.271. The third kappa shape index (κ3) is 6.82. The van der Waals surface area contributed by atoms with E-state index in [4.69, 9.17) is 15.0 Å². The lowest BCUT2D eigenvalue weighted by molar-refractivity contribution is 0.686. The Kier molecular flexibility index (Phi) is 8.87. The van der Waals surface area contributed by atoms with Crippen molar-refractivity contribution in [2.45, 2.75) is 76.5 Å². The first-order chi connectivity index (χ1) is 25.2. The molecule has 0 bridgehead atoms. The highest BCUT2D eigenvalue weighted by Gasteiger charge is 2.22. The first-order valence-electron chi connectivity index (χ1n) is 19.1. The van der Waals surface area contributed by atoms with Crippen LogP contribution in [-0.2, 0) is 19.3 Å². The highest BCUT2D eigenvalue weighted by atomic mass is 14.9. The number of hydrogen-bond acceptors (Lipinski definition) is 3. The number of rotatable bonds is 6. The average molecular weight is 664 g/mol. The molecule has 4 aromatic rings. The minimum Gasteiger partial charge on any atom is -0.260 e. The summed E-state index contributed by atoms with van der Waals surface area (Å²) in [4.78, 5) is 15.3. The SMILES string of the molecule is C1=CC(c2cc(C3C=CC(C4C=Nc5ccccc5C4)=CC3)nc(-c3ccc(-c4ccc5c(c4)CCCC5)cc3)n2)=CCC=C1C1=CCCCC1.